The van der Waals surface area contributed by atoms with Gasteiger partial charge in [0.15, 0.2) is 0 Å². The summed E-state index contributed by atoms with van der Waals surface area (Å²) >= 11 is 1.89. The van der Waals surface area contributed by atoms with Gasteiger partial charge in [-0.15, -0.1) is 0 Å². The van der Waals surface area contributed by atoms with Gasteiger partial charge < -0.3 is 15.3 Å². The lowest BCUT2D eigenvalue weighted by Crippen LogP contribution is -2.45. The molecule has 1 saturated heterocycles. The molecule has 0 spiro atoms. The first kappa shape index (κ1) is 15.1. The number of amides is 2. The highest BCUT2D eigenvalue weighted by atomic mass is 32.2. The molecule has 0 aromatic rings. The Morgan fingerprint density at radius 3 is 2.78 bits per heavy atom. The third-order valence-electron chi connectivity index (χ3n) is 2.86. The summed E-state index contributed by atoms with van der Waals surface area (Å²) in [6, 6.07) is -0.259. The third kappa shape index (κ3) is 5.62. The summed E-state index contributed by atoms with van der Waals surface area (Å²) in [4.78, 5) is 23.9. The predicted molar refractivity (Wildman–Crippen MR) is 73.0 cm³/mol. The summed E-state index contributed by atoms with van der Waals surface area (Å²) in [6.07, 6.45) is 4.38. The number of carbonyl (C=O) groups excluding carboxylic acids is 1. The van der Waals surface area contributed by atoms with Crippen molar-refractivity contribution in [3.8, 4) is 0 Å². The maximum atomic E-state index is 11.9. The first-order chi connectivity index (χ1) is 8.63. The van der Waals surface area contributed by atoms with Gasteiger partial charge in [-0.05, 0) is 25.0 Å². The topological polar surface area (TPSA) is 69.6 Å². The Kier molecular flexibility index (Phi) is 6.93. The molecular weight excluding hydrogens is 252 g/mol. The standard InChI is InChI=1S/C12H22N2O3S/c1-2-6-14(9-11(15)16)12(17)13-8-10-5-3-4-7-18-10/h10H,2-9H2,1H3,(H,13,17)(H,15,16). The Balaban J connectivity index is 2.32. The number of nitrogens with one attached hydrogen (secondary N) is 1. The minimum Gasteiger partial charge on any atom is -0.480 e. The molecule has 1 unspecified atom stereocenters. The molecule has 1 fully saturated rings. The van der Waals surface area contributed by atoms with Crippen LogP contribution in [0.2, 0.25) is 0 Å². The van der Waals surface area contributed by atoms with Crippen molar-refractivity contribution in [1.82, 2.24) is 10.2 Å². The SMILES string of the molecule is CCCN(CC(=O)O)C(=O)NCC1CCCCS1. The van der Waals surface area contributed by atoms with Crippen molar-refractivity contribution in [2.45, 2.75) is 37.9 Å². The lowest BCUT2D eigenvalue weighted by Gasteiger charge is -2.24. The molecule has 2 N–H and O–H groups in total. The largest absolute Gasteiger partial charge is 0.480 e. The predicted octanol–water partition coefficient (Wildman–Crippen LogP) is 1.78. The summed E-state index contributed by atoms with van der Waals surface area (Å²) in [5.74, 6) is 0.194. The summed E-state index contributed by atoms with van der Waals surface area (Å²) in [6.45, 7) is 2.83. The van der Waals surface area contributed by atoms with E-state index in [-0.39, 0.29) is 12.6 Å². The van der Waals surface area contributed by atoms with E-state index in [0.717, 1.165) is 18.6 Å². The minimum absolute atomic E-state index is 0.225. The fourth-order valence-electron chi connectivity index (χ4n) is 1.97. The second-order valence-corrected chi connectivity index (χ2v) is 5.90. The number of carboxylic acid groups (broad SMARTS) is 1. The van der Waals surface area contributed by atoms with Gasteiger partial charge in [-0.25, -0.2) is 4.79 Å². The van der Waals surface area contributed by atoms with E-state index in [1.165, 1.54) is 17.7 Å². The summed E-state index contributed by atoms with van der Waals surface area (Å²) in [5, 5.41) is 12.1. The van der Waals surface area contributed by atoms with Crippen LogP contribution < -0.4 is 5.32 Å². The lowest BCUT2D eigenvalue weighted by molar-refractivity contribution is -0.137. The van der Waals surface area contributed by atoms with Gasteiger partial charge in [-0.3, -0.25) is 4.79 Å². The van der Waals surface area contributed by atoms with E-state index >= 15 is 0 Å². The van der Waals surface area contributed by atoms with E-state index in [0.29, 0.717) is 18.3 Å². The Morgan fingerprint density at radius 2 is 2.22 bits per heavy atom. The van der Waals surface area contributed by atoms with Gasteiger partial charge in [0.05, 0.1) is 0 Å². The Hall–Kier alpha value is -0.910. The molecule has 1 atom stereocenters. The van der Waals surface area contributed by atoms with E-state index < -0.39 is 5.97 Å². The molecule has 0 aromatic heterocycles. The van der Waals surface area contributed by atoms with Crippen molar-refractivity contribution in [1.29, 1.82) is 0 Å². The Morgan fingerprint density at radius 1 is 1.44 bits per heavy atom. The average molecular weight is 274 g/mol. The monoisotopic (exact) mass is 274 g/mol. The molecule has 1 aliphatic heterocycles. The highest BCUT2D eigenvalue weighted by Gasteiger charge is 2.18. The number of carbonyl (C=O) groups is 2. The van der Waals surface area contributed by atoms with Crippen molar-refractivity contribution >= 4 is 23.8 Å². The van der Waals surface area contributed by atoms with Crippen LogP contribution in [-0.2, 0) is 4.79 Å². The highest BCUT2D eigenvalue weighted by molar-refractivity contribution is 7.99. The highest BCUT2D eigenvalue weighted by Crippen LogP contribution is 2.24. The number of hydrogen-bond acceptors (Lipinski definition) is 3. The normalized spacial score (nSPS) is 19.3. The molecule has 1 heterocycles. The van der Waals surface area contributed by atoms with E-state index in [4.69, 9.17) is 5.11 Å². The molecule has 2 amide bonds. The third-order valence-corrected chi connectivity index (χ3v) is 4.26. The number of aliphatic carboxylic acids is 1. The van der Waals surface area contributed by atoms with Gasteiger partial charge in [-0.2, -0.15) is 11.8 Å². The van der Waals surface area contributed by atoms with E-state index in [9.17, 15) is 9.59 Å². The van der Waals surface area contributed by atoms with Gasteiger partial charge in [0.2, 0.25) is 0 Å². The quantitative estimate of drug-likeness (QED) is 0.774. The molecule has 0 aromatic carbocycles. The van der Waals surface area contributed by atoms with Gasteiger partial charge in [0.1, 0.15) is 6.54 Å². The second-order valence-electron chi connectivity index (χ2n) is 4.49. The first-order valence-corrected chi connectivity index (χ1v) is 7.54. The number of nitrogens with zero attached hydrogens (tertiary/aromatic N) is 1. The van der Waals surface area contributed by atoms with Crippen LogP contribution in [0.3, 0.4) is 0 Å². The van der Waals surface area contributed by atoms with Crippen molar-refractivity contribution < 1.29 is 14.7 Å². The van der Waals surface area contributed by atoms with Gasteiger partial charge in [-0.1, -0.05) is 13.3 Å². The van der Waals surface area contributed by atoms with Crippen LogP contribution in [0.15, 0.2) is 0 Å². The molecule has 1 aliphatic rings. The van der Waals surface area contributed by atoms with Crippen molar-refractivity contribution in [3.05, 3.63) is 0 Å². The summed E-state index contributed by atoms with van der Waals surface area (Å²) < 4.78 is 0. The summed E-state index contributed by atoms with van der Waals surface area (Å²) in [7, 11) is 0. The van der Waals surface area contributed by atoms with Crippen molar-refractivity contribution in [2.75, 3.05) is 25.4 Å². The second kappa shape index (κ2) is 8.24. The molecule has 0 saturated carbocycles. The molecule has 0 aliphatic carbocycles. The molecule has 0 bridgehead atoms. The zero-order valence-electron chi connectivity index (χ0n) is 10.9. The Labute approximate surface area is 112 Å². The van der Waals surface area contributed by atoms with Crippen molar-refractivity contribution in [3.63, 3.8) is 0 Å². The van der Waals surface area contributed by atoms with E-state index in [2.05, 4.69) is 5.32 Å². The summed E-state index contributed by atoms with van der Waals surface area (Å²) in [5.41, 5.74) is 0. The number of rotatable bonds is 6. The number of urea groups is 1. The van der Waals surface area contributed by atoms with Crippen LogP contribution in [-0.4, -0.2) is 52.6 Å². The smallest absolute Gasteiger partial charge is 0.323 e. The van der Waals surface area contributed by atoms with Gasteiger partial charge in [0, 0.05) is 18.3 Å². The van der Waals surface area contributed by atoms with Crippen LogP contribution >= 0.6 is 11.8 Å². The van der Waals surface area contributed by atoms with Crippen LogP contribution in [0, 0.1) is 0 Å². The zero-order valence-corrected chi connectivity index (χ0v) is 11.7. The molecular formula is C12H22N2O3S. The minimum atomic E-state index is -0.967. The molecule has 104 valence electrons. The maximum Gasteiger partial charge on any atom is 0.323 e. The average Bonchev–Trinajstić information content (AvgIpc) is 2.36. The van der Waals surface area contributed by atoms with Crippen LogP contribution in [0.4, 0.5) is 4.79 Å². The fraction of sp³-hybridized carbons (Fsp3) is 0.833. The Bertz CT molecular complexity index is 280. The molecule has 0 radical (unpaired) electrons. The van der Waals surface area contributed by atoms with E-state index in [1.54, 1.807) is 0 Å². The number of carboxylic acids is 1. The van der Waals surface area contributed by atoms with Crippen LogP contribution in [0.25, 0.3) is 0 Å². The molecule has 1 rings (SSSR count). The molecule has 6 heteroatoms. The molecule has 5 nitrogen and oxygen atoms in total. The lowest BCUT2D eigenvalue weighted by atomic mass is 10.2. The van der Waals surface area contributed by atoms with Gasteiger partial charge in [0.25, 0.3) is 0 Å². The number of thioether (sulfide) groups is 1. The van der Waals surface area contributed by atoms with E-state index in [1.807, 2.05) is 18.7 Å². The fourth-order valence-corrected chi connectivity index (χ4v) is 3.21. The van der Waals surface area contributed by atoms with Crippen LogP contribution in [0.1, 0.15) is 32.6 Å². The molecule has 18 heavy (non-hydrogen) atoms. The maximum absolute atomic E-state index is 11.9. The van der Waals surface area contributed by atoms with Crippen molar-refractivity contribution in [2.24, 2.45) is 0 Å². The first-order valence-electron chi connectivity index (χ1n) is 6.49. The van der Waals surface area contributed by atoms with Crippen LogP contribution in [0.5, 0.6) is 0 Å². The zero-order chi connectivity index (χ0) is 13.4. The van der Waals surface area contributed by atoms with Gasteiger partial charge >= 0.3 is 12.0 Å². The number of hydrogen-bond donors (Lipinski definition) is 2.